The maximum absolute atomic E-state index is 10.4. The highest BCUT2D eigenvalue weighted by Gasteiger charge is 2.47. The Kier molecular flexibility index (Phi) is 2.97. The van der Waals surface area contributed by atoms with Gasteiger partial charge in [-0.25, -0.2) is 15.0 Å². The first kappa shape index (κ1) is 13.1. The van der Waals surface area contributed by atoms with E-state index in [9.17, 15) is 13.7 Å². The van der Waals surface area contributed by atoms with Crippen LogP contribution >= 0.6 is 0 Å². The SMILES string of the molecule is [2H]c1c([2H])c([2H])c(-c2nc(-c3c([2H])c([2H])c([2H])c([2H])c3[2H])nc(-c3c([2H])c([2H])c([2H])c([Si]4(c5ccccc5)c5c([2H])c([2H])c([2H])c([2H])c5-n5c6c([2H])c([2H])c([2H])c([2H])c6c6c([2H])c([2H])c([2H])c4c65)c3[2H])n2)c([2H])c1[2H]. The van der Waals surface area contributed by atoms with Gasteiger partial charge >= 0.3 is 0 Å². The fourth-order valence-corrected chi connectivity index (χ4v) is 10.9. The molecule has 50 heavy (non-hydrogen) atoms. The second kappa shape index (κ2) is 11.3. The second-order valence-electron chi connectivity index (χ2n) is 10.9. The molecule has 7 aromatic carbocycles. The van der Waals surface area contributed by atoms with Crippen molar-refractivity contribution in [3.8, 4) is 39.9 Å². The van der Waals surface area contributed by atoms with Gasteiger partial charge in [0.1, 0.15) is 0 Å². The molecule has 0 fully saturated rings. The normalized spacial score (nSPS) is 21.9. The third-order valence-corrected chi connectivity index (χ3v) is 12.8. The molecule has 0 spiro atoms. The maximum atomic E-state index is 10.4. The highest BCUT2D eigenvalue weighted by molar-refractivity contribution is 7.21. The first-order valence-corrected chi connectivity index (χ1v) is 16.9. The molecule has 3 heterocycles. The van der Waals surface area contributed by atoms with Crippen LogP contribution in [-0.4, -0.2) is 27.6 Å². The van der Waals surface area contributed by atoms with Crippen LogP contribution in [0, 0.1) is 0 Å². The molecule has 0 bridgehead atoms. The van der Waals surface area contributed by atoms with Crippen LogP contribution in [0.25, 0.3) is 61.7 Å². The van der Waals surface area contributed by atoms with Gasteiger partial charge in [0, 0.05) is 33.2 Å². The van der Waals surface area contributed by atoms with Gasteiger partial charge < -0.3 is 4.57 Å². The lowest BCUT2D eigenvalue weighted by Crippen LogP contribution is -2.76. The Morgan fingerprint density at radius 1 is 0.460 bits per heavy atom. The van der Waals surface area contributed by atoms with Gasteiger partial charge in [-0.15, -0.1) is 0 Å². The lowest BCUT2D eigenvalue weighted by Gasteiger charge is -2.39. The minimum absolute atomic E-state index is 0.0274. The predicted octanol–water partition coefficient (Wildman–Crippen LogP) is 7.66. The number of para-hydroxylation sites is 3. The molecule has 0 radical (unpaired) electrons. The molecule has 5 heteroatoms. The number of benzene rings is 7. The lowest BCUT2D eigenvalue weighted by molar-refractivity contribution is 1.07. The van der Waals surface area contributed by atoms with E-state index in [4.69, 9.17) is 20.6 Å². The molecule has 234 valence electrons. The van der Waals surface area contributed by atoms with Crippen LogP contribution in [0.3, 0.4) is 0 Å². The van der Waals surface area contributed by atoms with E-state index in [1.165, 1.54) is 24.3 Å². The maximum Gasteiger partial charge on any atom is 0.184 e. The van der Waals surface area contributed by atoms with Crippen LogP contribution < -0.4 is 20.7 Å². The van der Waals surface area contributed by atoms with E-state index < -0.39 is 215 Å². The standard InChI is InChI=1S/C45H30N4Si/c1-4-16-31(17-5-1)43-46-44(32-18-6-2-7-19-32)48-45(47-43)33-20-14-23-35(30-33)50(34-21-8-3-9-22-34)40-28-13-12-27-39(40)49-38-26-11-10-24-36(38)37-25-15-29-41(50)42(37)49/h1-30H/i1D,2D,4D,5D,6D,7D,10D,11D,12D,13D,14D,15D,16D,17D,18D,19D,20D,23D,24D,25D,26D,27D,28D,29D,30D. The smallest absolute Gasteiger partial charge is 0.184 e. The summed E-state index contributed by atoms with van der Waals surface area (Å²) >= 11 is 0. The molecule has 1 atom stereocenters. The summed E-state index contributed by atoms with van der Waals surface area (Å²) in [6.07, 6.45) is 0. The predicted molar refractivity (Wildman–Crippen MR) is 208 cm³/mol. The molecule has 2 aromatic heterocycles. The van der Waals surface area contributed by atoms with Gasteiger partial charge in [0.15, 0.2) is 25.5 Å². The summed E-state index contributed by atoms with van der Waals surface area (Å²) in [6, 6.07) is -13.9. The Hall–Kier alpha value is -6.43. The van der Waals surface area contributed by atoms with E-state index in [0.29, 0.717) is 0 Å². The molecule has 1 unspecified atom stereocenters. The molecule has 0 amide bonds. The average Bonchev–Trinajstić information content (AvgIpc) is 3.89. The van der Waals surface area contributed by atoms with Gasteiger partial charge in [-0.3, -0.25) is 0 Å². The van der Waals surface area contributed by atoms with Crippen molar-refractivity contribution in [3.63, 3.8) is 0 Å². The summed E-state index contributed by atoms with van der Waals surface area (Å²) in [6.45, 7) is 0. The number of fused-ring (bicyclic) bond motifs is 5. The number of nitrogens with zero attached hydrogens (tertiary/aromatic N) is 4. The Balaban J connectivity index is 1.49. The zero-order chi connectivity index (χ0) is 54.8. The Bertz CT molecular complexity index is 4000. The molecule has 1 aliphatic heterocycles. The quantitative estimate of drug-likeness (QED) is 0.176. The summed E-state index contributed by atoms with van der Waals surface area (Å²) in [5.41, 5.74) is -3.44. The van der Waals surface area contributed by atoms with Crippen molar-refractivity contribution in [2.75, 3.05) is 0 Å². The van der Waals surface area contributed by atoms with Gasteiger partial charge in [0.25, 0.3) is 0 Å². The number of aromatic nitrogens is 4. The topological polar surface area (TPSA) is 43.6 Å². The van der Waals surface area contributed by atoms with Crippen molar-refractivity contribution in [1.82, 2.24) is 19.5 Å². The highest BCUT2D eigenvalue weighted by Crippen LogP contribution is 2.35. The van der Waals surface area contributed by atoms with Crippen molar-refractivity contribution < 1.29 is 34.3 Å². The van der Waals surface area contributed by atoms with Gasteiger partial charge in [0.2, 0.25) is 0 Å². The largest absolute Gasteiger partial charge is 0.309 e. The summed E-state index contributed by atoms with van der Waals surface area (Å²) in [5.74, 6) is -2.48. The molecular formula is C45H30N4Si. The first-order chi connectivity index (χ1) is 35.2. The van der Waals surface area contributed by atoms with Crippen LogP contribution in [0.1, 0.15) is 34.3 Å². The van der Waals surface area contributed by atoms with E-state index in [-0.39, 0.29) is 26.7 Å². The number of hydrogen-bond donors (Lipinski definition) is 0. The Morgan fingerprint density at radius 3 is 1.76 bits per heavy atom. The Morgan fingerprint density at radius 2 is 1.02 bits per heavy atom. The summed E-state index contributed by atoms with van der Waals surface area (Å²) < 4.78 is 228. The van der Waals surface area contributed by atoms with Crippen LogP contribution in [0.4, 0.5) is 0 Å². The Labute approximate surface area is 326 Å². The second-order valence-corrected chi connectivity index (χ2v) is 14.5. The van der Waals surface area contributed by atoms with Gasteiger partial charge in [0.05, 0.1) is 45.3 Å². The van der Waals surface area contributed by atoms with E-state index in [0.717, 1.165) is 4.57 Å². The molecule has 0 saturated carbocycles. The minimum atomic E-state index is -5.35. The molecular weight excluding hydrogens is 625 g/mol. The third-order valence-electron chi connectivity index (χ3n) is 8.37. The summed E-state index contributed by atoms with van der Waals surface area (Å²) in [4.78, 5) is 13.1. The lowest BCUT2D eigenvalue weighted by atomic mass is 10.1. The molecule has 10 rings (SSSR count). The van der Waals surface area contributed by atoms with Crippen molar-refractivity contribution in [2.24, 2.45) is 0 Å². The van der Waals surface area contributed by atoms with Gasteiger partial charge in [-0.1, -0.05) is 169 Å². The van der Waals surface area contributed by atoms with Crippen molar-refractivity contribution >= 4 is 50.6 Å². The molecule has 4 nitrogen and oxygen atoms in total. The third kappa shape index (κ3) is 4.20. The van der Waals surface area contributed by atoms with Crippen molar-refractivity contribution in [3.05, 3.63) is 181 Å². The molecule has 0 aliphatic carbocycles. The monoisotopic (exact) mass is 679 g/mol. The van der Waals surface area contributed by atoms with Crippen molar-refractivity contribution in [1.29, 1.82) is 0 Å². The van der Waals surface area contributed by atoms with E-state index >= 15 is 0 Å². The zero-order valence-electron chi connectivity index (χ0n) is 50.2. The summed E-state index contributed by atoms with van der Waals surface area (Å²) in [7, 11) is -5.35. The fourth-order valence-electron chi connectivity index (χ4n) is 6.38. The highest BCUT2D eigenvalue weighted by atomic mass is 28.3. The number of rotatable bonds is 5. The van der Waals surface area contributed by atoms with Crippen LogP contribution in [0.2, 0.25) is 0 Å². The van der Waals surface area contributed by atoms with Crippen LogP contribution in [0.5, 0.6) is 0 Å². The van der Waals surface area contributed by atoms with Gasteiger partial charge in [-0.05, 0) is 32.8 Å². The number of hydrogen-bond acceptors (Lipinski definition) is 3. The van der Waals surface area contributed by atoms with Crippen LogP contribution in [0.15, 0.2) is 181 Å². The van der Waals surface area contributed by atoms with Crippen LogP contribution in [-0.2, 0) is 0 Å². The van der Waals surface area contributed by atoms with E-state index in [1.807, 2.05) is 0 Å². The van der Waals surface area contributed by atoms with Gasteiger partial charge in [-0.2, -0.15) is 0 Å². The first-order valence-electron chi connectivity index (χ1n) is 27.4. The molecule has 0 N–H and O–H groups in total. The molecule has 0 saturated heterocycles. The molecule has 9 aromatic rings. The zero-order valence-corrected chi connectivity index (χ0v) is 26.2. The van der Waals surface area contributed by atoms with E-state index in [1.54, 1.807) is 6.07 Å². The average molecular weight is 680 g/mol. The van der Waals surface area contributed by atoms with Crippen molar-refractivity contribution in [2.45, 2.75) is 0 Å². The summed E-state index contributed by atoms with van der Waals surface area (Å²) in [5, 5.41) is -2.12. The van der Waals surface area contributed by atoms with E-state index in [2.05, 4.69) is 15.0 Å². The minimum Gasteiger partial charge on any atom is -0.309 e. The molecule has 1 aliphatic rings. The fraction of sp³-hybridized carbons (Fsp3) is 0.